The summed E-state index contributed by atoms with van der Waals surface area (Å²) in [5, 5.41) is 2.77. The van der Waals surface area contributed by atoms with Crippen molar-refractivity contribution in [3.05, 3.63) is 12.2 Å². The normalized spacial score (nSPS) is 31.9. The second kappa shape index (κ2) is 4.26. The Morgan fingerprint density at radius 2 is 2.14 bits per heavy atom. The minimum absolute atomic E-state index is 0.0263. The zero-order chi connectivity index (χ0) is 10.7. The number of ether oxygens (including phenoxy) is 1. The summed E-state index contributed by atoms with van der Waals surface area (Å²) in [5.41, 5.74) is 0. The first-order valence-electron chi connectivity index (χ1n) is 4.62. The molecule has 0 saturated carbocycles. The maximum atomic E-state index is 11.4. The van der Waals surface area contributed by atoms with Crippen molar-refractivity contribution in [1.82, 2.24) is 5.32 Å². The largest absolute Gasteiger partial charge is 0.469 e. The van der Waals surface area contributed by atoms with E-state index < -0.39 is 0 Å². The van der Waals surface area contributed by atoms with Gasteiger partial charge in [-0.3, -0.25) is 9.59 Å². The lowest BCUT2D eigenvalue weighted by molar-refractivity contribution is -0.145. The Hall–Kier alpha value is -1.32. The minimum Gasteiger partial charge on any atom is -0.469 e. The smallest absolute Gasteiger partial charge is 0.312 e. The van der Waals surface area contributed by atoms with Gasteiger partial charge in [-0.1, -0.05) is 13.0 Å². The highest BCUT2D eigenvalue weighted by Crippen LogP contribution is 2.20. The fourth-order valence-electron chi connectivity index (χ4n) is 1.51. The van der Waals surface area contributed by atoms with Gasteiger partial charge in [-0.2, -0.15) is 0 Å². The van der Waals surface area contributed by atoms with E-state index >= 15 is 0 Å². The lowest BCUT2D eigenvalue weighted by Crippen LogP contribution is -2.38. The second-order valence-corrected chi connectivity index (χ2v) is 3.56. The van der Waals surface area contributed by atoms with Crippen molar-refractivity contribution in [2.24, 2.45) is 11.8 Å². The van der Waals surface area contributed by atoms with Crippen molar-refractivity contribution in [2.75, 3.05) is 7.11 Å². The lowest BCUT2D eigenvalue weighted by atomic mass is 9.89. The van der Waals surface area contributed by atoms with E-state index in [0.717, 1.165) is 0 Å². The molecule has 0 aromatic carbocycles. The Bertz CT molecular complexity index is 273. The molecule has 1 amide bonds. The summed E-state index contributed by atoms with van der Waals surface area (Å²) in [6.45, 7) is 3.80. The summed E-state index contributed by atoms with van der Waals surface area (Å²) in [6, 6.07) is -0.0263. The van der Waals surface area contributed by atoms with Crippen LogP contribution in [0.1, 0.15) is 13.8 Å². The average Bonchev–Trinajstić information content (AvgIpc) is 2.27. The predicted octanol–water partition coefficient (Wildman–Crippen LogP) is 0.486. The fraction of sp³-hybridized carbons (Fsp3) is 0.600. The van der Waals surface area contributed by atoms with Gasteiger partial charge in [0, 0.05) is 6.04 Å². The van der Waals surface area contributed by atoms with Gasteiger partial charge in [0.05, 0.1) is 13.0 Å². The van der Waals surface area contributed by atoms with Crippen LogP contribution in [0.15, 0.2) is 12.2 Å². The molecule has 1 heterocycles. The quantitative estimate of drug-likeness (QED) is 0.622. The lowest BCUT2D eigenvalue weighted by Gasteiger charge is -2.22. The number of esters is 1. The van der Waals surface area contributed by atoms with Crippen molar-refractivity contribution in [1.29, 1.82) is 0 Å². The highest BCUT2D eigenvalue weighted by Gasteiger charge is 2.30. The number of hydrogen-bond acceptors (Lipinski definition) is 3. The van der Waals surface area contributed by atoms with Crippen LogP contribution < -0.4 is 5.32 Å². The summed E-state index contributed by atoms with van der Waals surface area (Å²) in [7, 11) is 1.35. The van der Waals surface area contributed by atoms with E-state index in [1.165, 1.54) is 13.2 Å². The SMILES string of the molecule is COC(=O)C1C=CC(=O)NC(C)C1C. The van der Waals surface area contributed by atoms with Gasteiger partial charge in [-0.15, -0.1) is 0 Å². The van der Waals surface area contributed by atoms with Crippen LogP contribution in [-0.2, 0) is 14.3 Å². The monoisotopic (exact) mass is 197 g/mol. The number of hydrogen-bond donors (Lipinski definition) is 1. The zero-order valence-electron chi connectivity index (χ0n) is 8.61. The first-order valence-corrected chi connectivity index (χ1v) is 4.62. The van der Waals surface area contributed by atoms with E-state index in [1.807, 2.05) is 13.8 Å². The molecule has 4 heteroatoms. The van der Waals surface area contributed by atoms with Crippen LogP contribution in [-0.4, -0.2) is 25.0 Å². The molecule has 1 aliphatic heterocycles. The number of carbonyl (C=O) groups is 2. The maximum Gasteiger partial charge on any atom is 0.312 e. The second-order valence-electron chi connectivity index (χ2n) is 3.56. The molecule has 0 aromatic rings. The van der Waals surface area contributed by atoms with E-state index in [0.29, 0.717) is 0 Å². The third-order valence-corrected chi connectivity index (χ3v) is 2.65. The Morgan fingerprint density at radius 3 is 2.71 bits per heavy atom. The number of methoxy groups -OCH3 is 1. The van der Waals surface area contributed by atoms with Gasteiger partial charge in [-0.25, -0.2) is 0 Å². The molecule has 78 valence electrons. The van der Waals surface area contributed by atoms with Crippen LogP contribution >= 0.6 is 0 Å². The molecule has 1 rings (SSSR count). The van der Waals surface area contributed by atoms with Crippen LogP contribution in [0.5, 0.6) is 0 Å². The van der Waals surface area contributed by atoms with Crippen molar-refractivity contribution in [3.63, 3.8) is 0 Å². The van der Waals surface area contributed by atoms with Crippen molar-refractivity contribution in [3.8, 4) is 0 Å². The van der Waals surface area contributed by atoms with Gasteiger partial charge in [0.2, 0.25) is 5.91 Å². The Balaban J connectivity index is 2.86. The van der Waals surface area contributed by atoms with Gasteiger partial charge in [0.1, 0.15) is 0 Å². The molecule has 0 saturated heterocycles. The van der Waals surface area contributed by atoms with Crippen LogP contribution in [0, 0.1) is 11.8 Å². The maximum absolute atomic E-state index is 11.4. The summed E-state index contributed by atoms with van der Waals surface area (Å²) in [5.74, 6) is -0.744. The molecule has 3 atom stereocenters. The molecule has 14 heavy (non-hydrogen) atoms. The molecule has 1 N–H and O–H groups in total. The van der Waals surface area contributed by atoms with Crippen LogP contribution in [0.4, 0.5) is 0 Å². The highest BCUT2D eigenvalue weighted by molar-refractivity contribution is 5.89. The topological polar surface area (TPSA) is 55.4 Å². The zero-order valence-corrected chi connectivity index (χ0v) is 8.61. The molecule has 0 fully saturated rings. The molecular weight excluding hydrogens is 182 g/mol. The van der Waals surface area contributed by atoms with Crippen LogP contribution in [0.3, 0.4) is 0 Å². The molecule has 0 aromatic heterocycles. The van der Waals surface area contributed by atoms with Crippen molar-refractivity contribution < 1.29 is 14.3 Å². The van der Waals surface area contributed by atoms with Crippen LogP contribution in [0.2, 0.25) is 0 Å². The molecule has 0 radical (unpaired) electrons. The van der Waals surface area contributed by atoms with Gasteiger partial charge in [-0.05, 0) is 18.9 Å². The third-order valence-electron chi connectivity index (χ3n) is 2.65. The first-order chi connectivity index (χ1) is 6.56. The summed E-state index contributed by atoms with van der Waals surface area (Å²) >= 11 is 0. The minimum atomic E-state index is -0.339. The average molecular weight is 197 g/mol. The van der Waals surface area contributed by atoms with E-state index in [1.54, 1.807) is 6.08 Å². The van der Waals surface area contributed by atoms with Crippen LogP contribution in [0.25, 0.3) is 0 Å². The van der Waals surface area contributed by atoms with Gasteiger partial charge in [0.15, 0.2) is 0 Å². The van der Waals surface area contributed by atoms with E-state index in [9.17, 15) is 9.59 Å². The standard InChI is InChI=1S/C10H15NO3/c1-6-7(2)11-9(12)5-4-8(6)10(13)14-3/h4-8H,1-3H3,(H,11,12). The number of nitrogens with one attached hydrogen (secondary N) is 1. The highest BCUT2D eigenvalue weighted by atomic mass is 16.5. The number of rotatable bonds is 1. The fourth-order valence-corrected chi connectivity index (χ4v) is 1.51. The first kappa shape index (κ1) is 10.8. The number of amides is 1. The summed E-state index contributed by atoms with van der Waals surface area (Å²) in [6.07, 6.45) is 3.00. The van der Waals surface area contributed by atoms with Crippen molar-refractivity contribution in [2.45, 2.75) is 19.9 Å². The molecular formula is C10H15NO3. The number of carbonyl (C=O) groups excluding carboxylic acids is 2. The Kier molecular flexibility index (Phi) is 3.28. The van der Waals surface area contributed by atoms with Gasteiger partial charge < -0.3 is 10.1 Å². The van der Waals surface area contributed by atoms with E-state index in [4.69, 9.17) is 0 Å². The molecule has 0 bridgehead atoms. The molecule has 4 nitrogen and oxygen atoms in total. The third kappa shape index (κ3) is 2.13. The van der Waals surface area contributed by atoms with Gasteiger partial charge in [0.25, 0.3) is 0 Å². The Morgan fingerprint density at radius 1 is 1.50 bits per heavy atom. The molecule has 0 aliphatic carbocycles. The van der Waals surface area contributed by atoms with Gasteiger partial charge >= 0.3 is 5.97 Å². The summed E-state index contributed by atoms with van der Waals surface area (Å²) < 4.78 is 4.67. The predicted molar refractivity (Wildman–Crippen MR) is 51.4 cm³/mol. The summed E-state index contributed by atoms with van der Waals surface area (Å²) in [4.78, 5) is 22.5. The molecule has 3 unspecified atom stereocenters. The van der Waals surface area contributed by atoms with E-state index in [-0.39, 0.29) is 29.8 Å². The molecule has 1 aliphatic rings. The Labute approximate surface area is 83.3 Å². The molecule has 0 spiro atoms. The van der Waals surface area contributed by atoms with E-state index in [2.05, 4.69) is 10.1 Å². The van der Waals surface area contributed by atoms with Crippen molar-refractivity contribution >= 4 is 11.9 Å².